The van der Waals surface area contributed by atoms with E-state index >= 15 is 0 Å². The Bertz CT molecular complexity index is 1170. The molecule has 0 spiro atoms. The predicted octanol–water partition coefficient (Wildman–Crippen LogP) is 6.09. The van der Waals surface area contributed by atoms with E-state index in [2.05, 4.69) is 4.90 Å². The number of likely N-dealkylation sites (N-methyl/N-ethyl adjacent to an activating group) is 1. The van der Waals surface area contributed by atoms with Crippen LogP contribution < -0.4 is 9.47 Å². The molecule has 7 heteroatoms. The Hall–Kier alpha value is -3.32. The van der Waals surface area contributed by atoms with Crippen LogP contribution in [0.4, 0.5) is 4.39 Å². The first kappa shape index (κ1) is 26.7. The molecule has 0 radical (unpaired) electrons. The van der Waals surface area contributed by atoms with E-state index in [1.807, 2.05) is 30.3 Å². The van der Waals surface area contributed by atoms with Crippen LogP contribution in [0.1, 0.15) is 59.5 Å². The standard InChI is InChI=1S/C30H37FN2O4/c1-32(17-16-22-12-14-27(35-2)29(19-22)36-3)30(34)28-15-13-26(37-28)21-33(25-10-5-4-6-11-25)20-23-8-7-9-24(31)18-23/h7-9,12-15,18-19,25H,4-6,10-11,16-17,20-21H2,1-3H3. The zero-order valence-electron chi connectivity index (χ0n) is 22.0. The summed E-state index contributed by atoms with van der Waals surface area (Å²) < 4.78 is 30.5. The Morgan fingerprint density at radius 2 is 1.73 bits per heavy atom. The van der Waals surface area contributed by atoms with E-state index in [9.17, 15) is 9.18 Å². The van der Waals surface area contributed by atoms with E-state index in [4.69, 9.17) is 13.9 Å². The third-order valence-corrected chi connectivity index (χ3v) is 7.13. The minimum Gasteiger partial charge on any atom is -0.493 e. The summed E-state index contributed by atoms with van der Waals surface area (Å²) in [5.74, 6) is 2.06. The number of methoxy groups -OCH3 is 2. The van der Waals surface area contributed by atoms with Gasteiger partial charge in [-0.25, -0.2) is 4.39 Å². The maximum absolute atomic E-state index is 13.8. The first-order chi connectivity index (χ1) is 18.0. The normalized spacial score (nSPS) is 14.1. The Labute approximate surface area is 219 Å². The van der Waals surface area contributed by atoms with Crippen molar-refractivity contribution in [3.63, 3.8) is 0 Å². The average Bonchev–Trinajstić information content (AvgIpc) is 3.39. The number of furan rings is 1. The minimum atomic E-state index is -0.219. The maximum atomic E-state index is 13.8. The van der Waals surface area contributed by atoms with Crippen LogP contribution in [0.5, 0.6) is 11.5 Å². The summed E-state index contributed by atoms with van der Waals surface area (Å²) in [6.07, 6.45) is 6.61. The molecular weight excluding hydrogens is 471 g/mol. The summed E-state index contributed by atoms with van der Waals surface area (Å²) in [6, 6.07) is 16.6. The molecule has 0 atom stereocenters. The fourth-order valence-corrected chi connectivity index (χ4v) is 5.03. The van der Waals surface area contributed by atoms with Gasteiger partial charge in [0.2, 0.25) is 0 Å². The highest BCUT2D eigenvalue weighted by molar-refractivity contribution is 5.91. The van der Waals surface area contributed by atoms with E-state index in [0.717, 1.165) is 29.7 Å². The van der Waals surface area contributed by atoms with Gasteiger partial charge in [-0.05, 0) is 66.8 Å². The molecule has 1 heterocycles. The molecule has 1 amide bonds. The summed E-state index contributed by atoms with van der Waals surface area (Å²) in [6.45, 7) is 1.78. The van der Waals surface area contributed by atoms with Gasteiger partial charge in [-0.2, -0.15) is 0 Å². The molecule has 0 unspecified atom stereocenters. The lowest BCUT2D eigenvalue weighted by molar-refractivity contribution is 0.0757. The van der Waals surface area contributed by atoms with Crippen molar-refractivity contribution in [1.29, 1.82) is 0 Å². The Kier molecular flexibility index (Phi) is 9.23. The van der Waals surface area contributed by atoms with Crippen molar-refractivity contribution in [2.24, 2.45) is 0 Å². The molecule has 0 saturated heterocycles. The molecule has 1 saturated carbocycles. The fourth-order valence-electron chi connectivity index (χ4n) is 5.03. The van der Waals surface area contributed by atoms with Gasteiger partial charge in [0.1, 0.15) is 11.6 Å². The second-order valence-electron chi connectivity index (χ2n) is 9.76. The molecule has 37 heavy (non-hydrogen) atoms. The largest absolute Gasteiger partial charge is 0.493 e. The van der Waals surface area contributed by atoms with E-state index in [1.54, 1.807) is 44.4 Å². The van der Waals surface area contributed by atoms with Gasteiger partial charge in [0, 0.05) is 26.2 Å². The summed E-state index contributed by atoms with van der Waals surface area (Å²) in [5, 5.41) is 0. The molecular formula is C30H37FN2O4. The van der Waals surface area contributed by atoms with Crippen LogP contribution in [0.2, 0.25) is 0 Å². The summed E-state index contributed by atoms with van der Waals surface area (Å²) in [7, 11) is 5.00. The van der Waals surface area contributed by atoms with Gasteiger partial charge in [-0.1, -0.05) is 37.5 Å². The maximum Gasteiger partial charge on any atom is 0.289 e. The highest BCUT2D eigenvalue weighted by Crippen LogP contribution is 2.28. The second kappa shape index (κ2) is 12.8. The molecule has 198 valence electrons. The van der Waals surface area contributed by atoms with E-state index in [0.29, 0.717) is 49.4 Å². The van der Waals surface area contributed by atoms with E-state index < -0.39 is 0 Å². The van der Waals surface area contributed by atoms with Crippen LogP contribution in [0, 0.1) is 5.82 Å². The lowest BCUT2D eigenvalue weighted by atomic mass is 9.93. The molecule has 1 aliphatic carbocycles. The third kappa shape index (κ3) is 7.13. The number of carbonyl (C=O) groups is 1. The summed E-state index contributed by atoms with van der Waals surface area (Å²) >= 11 is 0. The monoisotopic (exact) mass is 508 g/mol. The molecule has 3 aromatic rings. The van der Waals surface area contributed by atoms with E-state index in [-0.39, 0.29) is 11.7 Å². The highest BCUT2D eigenvalue weighted by atomic mass is 19.1. The van der Waals surface area contributed by atoms with Crippen molar-refractivity contribution in [1.82, 2.24) is 9.80 Å². The van der Waals surface area contributed by atoms with Crippen LogP contribution in [0.3, 0.4) is 0 Å². The smallest absolute Gasteiger partial charge is 0.289 e. The molecule has 0 bridgehead atoms. The number of hydrogen-bond acceptors (Lipinski definition) is 5. The number of benzene rings is 2. The van der Waals surface area contributed by atoms with Crippen molar-refractivity contribution in [3.05, 3.63) is 83.1 Å². The first-order valence-electron chi connectivity index (χ1n) is 13.0. The Balaban J connectivity index is 1.39. The first-order valence-corrected chi connectivity index (χ1v) is 13.0. The van der Waals surface area contributed by atoms with Gasteiger partial charge in [0.05, 0.1) is 20.8 Å². The number of amides is 1. The zero-order valence-corrected chi connectivity index (χ0v) is 22.0. The highest BCUT2D eigenvalue weighted by Gasteiger charge is 2.24. The zero-order chi connectivity index (χ0) is 26.2. The van der Waals surface area contributed by atoms with Crippen LogP contribution in [-0.4, -0.2) is 49.6 Å². The molecule has 6 nitrogen and oxygen atoms in total. The van der Waals surface area contributed by atoms with Crippen molar-refractivity contribution < 1.29 is 23.1 Å². The Morgan fingerprint density at radius 1 is 0.946 bits per heavy atom. The van der Waals surface area contributed by atoms with Crippen molar-refractivity contribution in [2.75, 3.05) is 27.8 Å². The van der Waals surface area contributed by atoms with Crippen molar-refractivity contribution >= 4 is 5.91 Å². The van der Waals surface area contributed by atoms with Gasteiger partial charge in [0.25, 0.3) is 5.91 Å². The van der Waals surface area contributed by atoms with E-state index in [1.165, 1.54) is 25.3 Å². The topological polar surface area (TPSA) is 55.2 Å². The van der Waals surface area contributed by atoms with Crippen LogP contribution in [0.25, 0.3) is 0 Å². The molecule has 0 aliphatic heterocycles. The average molecular weight is 509 g/mol. The quantitative estimate of drug-likeness (QED) is 0.314. The van der Waals surface area contributed by atoms with Gasteiger partial charge in [0.15, 0.2) is 17.3 Å². The number of rotatable bonds is 11. The number of carbonyl (C=O) groups excluding carboxylic acids is 1. The van der Waals surface area contributed by atoms with Gasteiger partial charge >= 0.3 is 0 Å². The Morgan fingerprint density at radius 3 is 2.46 bits per heavy atom. The lowest BCUT2D eigenvalue weighted by Crippen LogP contribution is -2.35. The molecule has 1 aliphatic rings. The predicted molar refractivity (Wildman–Crippen MR) is 141 cm³/mol. The minimum absolute atomic E-state index is 0.152. The van der Waals surface area contributed by atoms with Gasteiger partial charge in [-0.3, -0.25) is 9.69 Å². The van der Waals surface area contributed by atoms with Gasteiger partial charge < -0.3 is 18.8 Å². The third-order valence-electron chi connectivity index (χ3n) is 7.13. The molecule has 1 aromatic heterocycles. The second-order valence-corrected chi connectivity index (χ2v) is 9.76. The molecule has 4 rings (SSSR count). The summed E-state index contributed by atoms with van der Waals surface area (Å²) in [4.78, 5) is 17.1. The van der Waals surface area contributed by atoms with Crippen molar-refractivity contribution in [3.8, 4) is 11.5 Å². The van der Waals surface area contributed by atoms with Crippen LogP contribution in [-0.2, 0) is 19.5 Å². The molecule has 1 fully saturated rings. The summed E-state index contributed by atoms with van der Waals surface area (Å²) in [5.41, 5.74) is 2.00. The number of ether oxygens (including phenoxy) is 2. The van der Waals surface area contributed by atoms with Gasteiger partial charge in [-0.15, -0.1) is 0 Å². The number of nitrogens with zero attached hydrogens (tertiary/aromatic N) is 2. The SMILES string of the molecule is COc1ccc(CCN(C)C(=O)c2ccc(CN(Cc3cccc(F)c3)C3CCCCC3)o2)cc1OC. The lowest BCUT2D eigenvalue weighted by Gasteiger charge is -2.34. The number of halogens is 1. The fraction of sp³-hybridized carbons (Fsp3) is 0.433. The van der Waals surface area contributed by atoms with Crippen molar-refractivity contribution in [2.45, 2.75) is 57.7 Å². The van der Waals surface area contributed by atoms with Crippen LogP contribution in [0.15, 0.2) is 59.0 Å². The number of hydrogen-bond donors (Lipinski definition) is 0. The molecule has 2 aromatic carbocycles. The molecule has 0 N–H and O–H groups in total. The van der Waals surface area contributed by atoms with Crippen LogP contribution >= 0.6 is 0 Å².